The van der Waals surface area contributed by atoms with Crippen LogP contribution in [0.15, 0.2) is 28.7 Å². The highest BCUT2D eigenvalue weighted by atomic mass is 79.9. The summed E-state index contributed by atoms with van der Waals surface area (Å²) in [7, 11) is 0. The number of nitrogens with zero attached hydrogens (tertiary/aromatic N) is 2. The molecule has 1 atom stereocenters. The molecule has 1 aromatic carbocycles. The molecule has 0 saturated carbocycles. The zero-order valence-corrected chi connectivity index (χ0v) is 11.0. The molecule has 2 amide bonds. The van der Waals surface area contributed by atoms with Gasteiger partial charge in [0.15, 0.2) is 0 Å². The van der Waals surface area contributed by atoms with Crippen LogP contribution in [0.25, 0.3) is 0 Å². The molecule has 1 heterocycles. The molecule has 0 aromatic heterocycles. The molecule has 1 aromatic rings. The fourth-order valence-electron chi connectivity index (χ4n) is 1.82. The zero-order chi connectivity index (χ0) is 13.1. The minimum absolute atomic E-state index is 0.0534. The Morgan fingerprint density at radius 1 is 1.39 bits per heavy atom. The number of amides is 2. The number of benzene rings is 1. The van der Waals surface area contributed by atoms with Gasteiger partial charge < -0.3 is 0 Å². The van der Waals surface area contributed by atoms with E-state index in [0.717, 1.165) is 9.37 Å². The Morgan fingerprint density at radius 2 is 2.06 bits per heavy atom. The maximum Gasteiger partial charge on any atom is 0.251 e. The maximum atomic E-state index is 12.0. The minimum Gasteiger partial charge on any atom is -0.293 e. The summed E-state index contributed by atoms with van der Waals surface area (Å²) in [5.41, 5.74) is 0.550. The van der Waals surface area contributed by atoms with E-state index in [4.69, 9.17) is 5.26 Å². The van der Waals surface area contributed by atoms with Crippen LogP contribution in [-0.2, 0) is 9.59 Å². The van der Waals surface area contributed by atoms with E-state index in [1.165, 1.54) is 0 Å². The van der Waals surface area contributed by atoms with Gasteiger partial charge in [0.2, 0.25) is 5.91 Å². The van der Waals surface area contributed by atoms with Crippen molar-refractivity contribution in [2.24, 2.45) is 0 Å². The number of carbonyl (C=O) groups is 2. The lowest BCUT2D eigenvalue weighted by Crippen LogP contribution is -2.38. The molecule has 0 aliphatic carbocycles. The van der Waals surface area contributed by atoms with E-state index in [1.807, 2.05) is 6.07 Å². The van der Waals surface area contributed by atoms with Crippen LogP contribution in [0.3, 0.4) is 0 Å². The Balaban J connectivity index is 2.19. The first-order valence-electron chi connectivity index (χ1n) is 5.36. The SMILES string of the molecule is N#CCN[C@H]1CC(=O)N(c2ccc(Br)cc2)C1=O. The summed E-state index contributed by atoms with van der Waals surface area (Å²) < 4.78 is 0.879. The average molecular weight is 308 g/mol. The third-order valence-electron chi connectivity index (χ3n) is 2.66. The number of carbonyl (C=O) groups excluding carboxylic acids is 2. The first kappa shape index (κ1) is 12.7. The van der Waals surface area contributed by atoms with E-state index < -0.39 is 6.04 Å². The lowest BCUT2D eigenvalue weighted by molar-refractivity contribution is -0.121. The second-order valence-corrected chi connectivity index (χ2v) is 4.76. The molecule has 1 aliphatic heterocycles. The van der Waals surface area contributed by atoms with Crippen LogP contribution in [0.4, 0.5) is 5.69 Å². The van der Waals surface area contributed by atoms with Gasteiger partial charge in [0.1, 0.15) is 0 Å². The Hall–Kier alpha value is -1.71. The number of hydrogen-bond donors (Lipinski definition) is 1. The molecule has 1 aliphatic rings. The Morgan fingerprint density at radius 3 is 2.67 bits per heavy atom. The summed E-state index contributed by atoms with van der Waals surface area (Å²) in [5, 5.41) is 11.2. The number of anilines is 1. The van der Waals surface area contributed by atoms with Gasteiger partial charge in [-0.25, -0.2) is 4.90 Å². The molecule has 92 valence electrons. The number of rotatable bonds is 3. The van der Waals surface area contributed by atoms with E-state index in [0.29, 0.717) is 5.69 Å². The highest BCUT2D eigenvalue weighted by molar-refractivity contribution is 9.10. The molecular formula is C12H10BrN3O2. The highest BCUT2D eigenvalue weighted by Gasteiger charge is 2.39. The second kappa shape index (κ2) is 5.29. The lowest BCUT2D eigenvalue weighted by atomic mass is 10.2. The van der Waals surface area contributed by atoms with Crippen LogP contribution in [0.2, 0.25) is 0 Å². The van der Waals surface area contributed by atoms with Crippen molar-refractivity contribution in [2.45, 2.75) is 12.5 Å². The summed E-state index contributed by atoms with van der Waals surface area (Å²) in [5.74, 6) is -0.560. The highest BCUT2D eigenvalue weighted by Crippen LogP contribution is 2.24. The van der Waals surface area contributed by atoms with Gasteiger partial charge in [0, 0.05) is 4.47 Å². The third-order valence-corrected chi connectivity index (χ3v) is 3.19. The van der Waals surface area contributed by atoms with Crippen molar-refractivity contribution in [3.05, 3.63) is 28.7 Å². The smallest absolute Gasteiger partial charge is 0.251 e. The van der Waals surface area contributed by atoms with Gasteiger partial charge in [-0.1, -0.05) is 15.9 Å². The van der Waals surface area contributed by atoms with Gasteiger partial charge in [0.25, 0.3) is 5.91 Å². The number of hydrogen-bond acceptors (Lipinski definition) is 4. The van der Waals surface area contributed by atoms with E-state index in [-0.39, 0.29) is 24.8 Å². The van der Waals surface area contributed by atoms with Crippen LogP contribution in [0, 0.1) is 11.3 Å². The Kier molecular flexibility index (Phi) is 3.75. The van der Waals surface area contributed by atoms with Crippen LogP contribution in [0.5, 0.6) is 0 Å². The molecule has 5 nitrogen and oxygen atoms in total. The predicted octanol–water partition coefficient (Wildman–Crippen LogP) is 1.19. The summed E-state index contributed by atoms with van der Waals surface area (Å²) in [4.78, 5) is 25.0. The van der Waals surface area contributed by atoms with Gasteiger partial charge in [-0.2, -0.15) is 5.26 Å². The van der Waals surface area contributed by atoms with Crippen molar-refractivity contribution in [1.82, 2.24) is 5.32 Å². The lowest BCUT2D eigenvalue weighted by Gasteiger charge is -2.14. The number of imide groups is 1. The largest absolute Gasteiger partial charge is 0.293 e. The van der Waals surface area contributed by atoms with Gasteiger partial charge in [0.05, 0.1) is 30.8 Å². The van der Waals surface area contributed by atoms with Crippen LogP contribution in [0.1, 0.15) is 6.42 Å². The quantitative estimate of drug-likeness (QED) is 0.672. The fraction of sp³-hybridized carbons (Fsp3) is 0.250. The van der Waals surface area contributed by atoms with Crippen molar-refractivity contribution >= 4 is 33.4 Å². The minimum atomic E-state index is -0.596. The van der Waals surface area contributed by atoms with Gasteiger partial charge in [-0.3, -0.25) is 14.9 Å². The zero-order valence-electron chi connectivity index (χ0n) is 9.39. The van der Waals surface area contributed by atoms with Crippen LogP contribution in [-0.4, -0.2) is 24.4 Å². The summed E-state index contributed by atoms with van der Waals surface area (Å²) in [6, 6.07) is 8.24. The normalized spacial score (nSPS) is 19.1. The summed E-state index contributed by atoms with van der Waals surface area (Å²) >= 11 is 3.29. The van der Waals surface area contributed by atoms with Gasteiger partial charge >= 0.3 is 0 Å². The first-order chi connectivity index (χ1) is 8.63. The molecular weight excluding hydrogens is 298 g/mol. The van der Waals surface area contributed by atoms with E-state index in [2.05, 4.69) is 21.2 Å². The molecule has 0 bridgehead atoms. The Labute approximate surface area is 113 Å². The molecule has 6 heteroatoms. The standard InChI is InChI=1S/C12H10BrN3O2/c13-8-1-3-9(4-2-8)16-11(17)7-10(12(16)18)15-6-5-14/h1-4,10,15H,6-7H2/t10-/m0/s1. The van der Waals surface area contributed by atoms with Gasteiger partial charge in [-0.05, 0) is 24.3 Å². The predicted molar refractivity (Wildman–Crippen MR) is 68.7 cm³/mol. The molecule has 1 N–H and O–H groups in total. The van der Waals surface area contributed by atoms with Gasteiger partial charge in [-0.15, -0.1) is 0 Å². The molecule has 1 saturated heterocycles. The maximum absolute atomic E-state index is 12.0. The number of halogens is 1. The Bertz CT molecular complexity index is 521. The fourth-order valence-corrected chi connectivity index (χ4v) is 2.09. The van der Waals surface area contributed by atoms with Crippen molar-refractivity contribution in [3.8, 4) is 6.07 Å². The van der Waals surface area contributed by atoms with Crippen molar-refractivity contribution in [3.63, 3.8) is 0 Å². The molecule has 0 spiro atoms. The number of nitriles is 1. The van der Waals surface area contributed by atoms with Crippen LogP contribution >= 0.6 is 15.9 Å². The molecule has 18 heavy (non-hydrogen) atoms. The van der Waals surface area contributed by atoms with Crippen molar-refractivity contribution < 1.29 is 9.59 Å². The molecule has 0 unspecified atom stereocenters. The van der Waals surface area contributed by atoms with E-state index >= 15 is 0 Å². The van der Waals surface area contributed by atoms with E-state index in [9.17, 15) is 9.59 Å². The number of nitrogens with one attached hydrogen (secondary N) is 1. The molecule has 2 rings (SSSR count). The van der Waals surface area contributed by atoms with E-state index in [1.54, 1.807) is 24.3 Å². The molecule has 0 radical (unpaired) electrons. The van der Waals surface area contributed by atoms with Crippen molar-refractivity contribution in [1.29, 1.82) is 5.26 Å². The monoisotopic (exact) mass is 307 g/mol. The third kappa shape index (κ3) is 2.42. The first-order valence-corrected chi connectivity index (χ1v) is 6.15. The van der Waals surface area contributed by atoms with Crippen LogP contribution < -0.4 is 10.2 Å². The summed E-state index contributed by atoms with van der Waals surface area (Å²) in [6.45, 7) is 0.0534. The average Bonchev–Trinajstić information content (AvgIpc) is 2.63. The topological polar surface area (TPSA) is 73.2 Å². The second-order valence-electron chi connectivity index (χ2n) is 3.84. The molecule has 1 fully saturated rings. The summed E-state index contributed by atoms with van der Waals surface area (Å²) in [6.07, 6.45) is 0.0938. The van der Waals surface area contributed by atoms with Crippen molar-refractivity contribution in [2.75, 3.05) is 11.4 Å².